The van der Waals surface area contributed by atoms with E-state index in [0.29, 0.717) is 16.9 Å². The summed E-state index contributed by atoms with van der Waals surface area (Å²) in [5.74, 6) is -1.58. The van der Waals surface area contributed by atoms with Gasteiger partial charge in [0.2, 0.25) is 0 Å². The third-order valence-corrected chi connectivity index (χ3v) is 3.15. The second-order valence-electron chi connectivity index (χ2n) is 4.58. The van der Waals surface area contributed by atoms with E-state index in [-0.39, 0.29) is 0 Å². The van der Waals surface area contributed by atoms with Gasteiger partial charge < -0.3 is 10.6 Å². The molecule has 0 atom stereocenters. The van der Waals surface area contributed by atoms with Crippen molar-refractivity contribution in [2.45, 2.75) is 13.3 Å². The minimum absolute atomic E-state index is 0.303. The molecule has 0 spiro atoms. The third-order valence-electron chi connectivity index (χ3n) is 3.15. The van der Waals surface area contributed by atoms with E-state index < -0.39 is 11.8 Å². The summed E-state index contributed by atoms with van der Waals surface area (Å²) in [6.45, 7) is 1.97. The maximum atomic E-state index is 12.0. The van der Waals surface area contributed by atoms with Crippen LogP contribution in [-0.2, 0) is 16.0 Å². The minimum Gasteiger partial charge on any atom is -0.318 e. The van der Waals surface area contributed by atoms with Crippen LogP contribution in [0.5, 0.6) is 0 Å². The molecule has 0 aliphatic carbocycles. The number of amides is 2. The van der Waals surface area contributed by atoms with E-state index >= 15 is 0 Å². The summed E-state index contributed by atoms with van der Waals surface area (Å²) in [7, 11) is 0. The van der Waals surface area contributed by atoms with Gasteiger partial charge in [-0.15, -0.1) is 0 Å². The predicted octanol–water partition coefficient (Wildman–Crippen LogP) is 2.70. The second kappa shape index (κ2) is 7.04. The van der Waals surface area contributed by atoms with Gasteiger partial charge in [0, 0.05) is 5.69 Å². The van der Waals surface area contributed by atoms with Gasteiger partial charge in [0.15, 0.2) is 0 Å². The first kappa shape index (κ1) is 15.3. The van der Waals surface area contributed by atoms with Gasteiger partial charge >= 0.3 is 11.8 Å². The SMILES string of the molecule is CCc1ccccc1NC(=O)C(=O)Nc1ccccc1C#N. The molecule has 0 saturated heterocycles. The van der Waals surface area contributed by atoms with Crippen molar-refractivity contribution in [2.24, 2.45) is 0 Å². The third kappa shape index (κ3) is 3.49. The standard InChI is InChI=1S/C17H15N3O2/c1-2-12-7-3-5-9-14(12)19-16(21)17(22)20-15-10-6-4-8-13(15)11-18/h3-10H,2H2,1H3,(H,19,21)(H,20,22). The molecule has 0 aliphatic heterocycles. The number of carbonyl (C=O) groups excluding carboxylic acids is 2. The molecule has 0 aromatic heterocycles. The van der Waals surface area contributed by atoms with Crippen molar-refractivity contribution in [1.29, 1.82) is 5.26 Å². The Labute approximate surface area is 128 Å². The Hall–Kier alpha value is -3.13. The highest BCUT2D eigenvalue weighted by Gasteiger charge is 2.16. The van der Waals surface area contributed by atoms with Crippen LogP contribution in [0.2, 0.25) is 0 Å². The number of benzene rings is 2. The van der Waals surface area contributed by atoms with Crippen LogP contribution in [0.15, 0.2) is 48.5 Å². The first-order valence-electron chi connectivity index (χ1n) is 6.85. The molecular weight excluding hydrogens is 278 g/mol. The maximum absolute atomic E-state index is 12.0. The number of nitriles is 1. The van der Waals surface area contributed by atoms with Crippen LogP contribution < -0.4 is 10.6 Å². The van der Waals surface area contributed by atoms with Crippen LogP contribution >= 0.6 is 0 Å². The molecule has 22 heavy (non-hydrogen) atoms. The zero-order chi connectivity index (χ0) is 15.9. The average molecular weight is 293 g/mol. The van der Waals surface area contributed by atoms with E-state index in [0.717, 1.165) is 12.0 Å². The molecule has 5 heteroatoms. The average Bonchev–Trinajstić information content (AvgIpc) is 2.55. The van der Waals surface area contributed by atoms with Crippen molar-refractivity contribution in [3.63, 3.8) is 0 Å². The van der Waals surface area contributed by atoms with Gasteiger partial charge in [0.25, 0.3) is 0 Å². The number of nitrogens with zero attached hydrogens (tertiary/aromatic N) is 1. The molecule has 110 valence electrons. The van der Waals surface area contributed by atoms with Crippen LogP contribution in [0.1, 0.15) is 18.1 Å². The second-order valence-corrected chi connectivity index (χ2v) is 4.58. The van der Waals surface area contributed by atoms with E-state index in [9.17, 15) is 9.59 Å². The van der Waals surface area contributed by atoms with Crippen molar-refractivity contribution in [3.05, 3.63) is 59.7 Å². The molecule has 2 rings (SSSR count). The summed E-state index contributed by atoms with van der Waals surface area (Å²) < 4.78 is 0. The monoisotopic (exact) mass is 293 g/mol. The summed E-state index contributed by atoms with van der Waals surface area (Å²) in [6.07, 6.45) is 0.745. The minimum atomic E-state index is -0.811. The number of rotatable bonds is 3. The van der Waals surface area contributed by atoms with Gasteiger partial charge in [-0.2, -0.15) is 5.26 Å². The first-order valence-corrected chi connectivity index (χ1v) is 6.85. The van der Waals surface area contributed by atoms with E-state index in [1.54, 1.807) is 36.4 Å². The highest BCUT2D eigenvalue weighted by atomic mass is 16.2. The molecule has 0 unspecified atom stereocenters. The molecule has 2 N–H and O–H groups in total. The van der Waals surface area contributed by atoms with Crippen LogP contribution in [0.3, 0.4) is 0 Å². The molecular formula is C17H15N3O2. The first-order chi connectivity index (χ1) is 10.7. The zero-order valence-electron chi connectivity index (χ0n) is 12.1. The Bertz CT molecular complexity index is 748. The Kier molecular flexibility index (Phi) is 4.89. The number of hydrogen-bond acceptors (Lipinski definition) is 3. The highest BCUT2D eigenvalue weighted by Crippen LogP contribution is 2.16. The summed E-state index contributed by atoms with van der Waals surface area (Å²) in [6, 6.07) is 15.8. The summed E-state index contributed by atoms with van der Waals surface area (Å²) in [5.41, 5.74) is 2.17. The van der Waals surface area contributed by atoms with Crippen molar-refractivity contribution in [3.8, 4) is 6.07 Å². The molecule has 0 fully saturated rings. The van der Waals surface area contributed by atoms with Gasteiger partial charge in [-0.1, -0.05) is 37.3 Å². The number of para-hydroxylation sites is 2. The maximum Gasteiger partial charge on any atom is 0.314 e. The summed E-state index contributed by atoms with van der Waals surface area (Å²) >= 11 is 0. The fourth-order valence-corrected chi connectivity index (χ4v) is 2.00. The lowest BCUT2D eigenvalue weighted by molar-refractivity contribution is -0.133. The topological polar surface area (TPSA) is 82.0 Å². The molecule has 0 heterocycles. The number of aryl methyl sites for hydroxylation is 1. The van der Waals surface area contributed by atoms with E-state index in [1.807, 2.05) is 25.1 Å². The highest BCUT2D eigenvalue weighted by molar-refractivity contribution is 6.43. The van der Waals surface area contributed by atoms with Crippen LogP contribution in [-0.4, -0.2) is 11.8 Å². The number of carbonyl (C=O) groups is 2. The molecule has 0 saturated carbocycles. The Morgan fingerprint density at radius 2 is 1.50 bits per heavy atom. The Morgan fingerprint density at radius 3 is 2.14 bits per heavy atom. The number of anilines is 2. The van der Waals surface area contributed by atoms with Crippen LogP contribution in [0, 0.1) is 11.3 Å². The number of nitrogens with one attached hydrogen (secondary N) is 2. The molecule has 2 aromatic carbocycles. The Morgan fingerprint density at radius 1 is 0.955 bits per heavy atom. The van der Waals surface area contributed by atoms with E-state index in [1.165, 1.54) is 0 Å². The molecule has 2 amide bonds. The van der Waals surface area contributed by atoms with Crippen molar-refractivity contribution >= 4 is 23.2 Å². The van der Waals surface area contributed by atoms with Gasteiger partial charge in [0.1, 0.15) is 6.07 Å². The molecule has 0 bridgehead atoms. The molecule has 5 nitrogen and oxygen atoms in total. The summed E-state index contributed by atoms with van der Waals surface area (Å²) in [5, 5.41) is 14.0. The van der Waals surface area contributed by atoms with Gasteiger partial charge in [-0.25, -0.2) is 0 Å². The van der Waals surface area contributed by atoms with Crippen LogP contribution in [0.4, 0.5) is 11.4 Å². The van der Waals surface area contributed by atoms with Crippen molar-refractivity contribution in [2.75, 3.05) is 10.6 Å². The molecule has 2 aromatic rings. The normalized spacial score (nSPS) is 9.64. The quantitative estimate of drug-likeness (QED) is 0.854. The van der Waals surface area contributed by atoms with E-state index in [2.05, 4.69) is 10.6 Å². The lowest BCUT2D eigenvalue weighted by atomic mass is 10.1. The van der Waals surface area contributed by atoms with Crippen molar-refractivity contribution in [1.82, 2.24) is 0 Å². The Balaban J connectivity index is 2.10. The van der Waals surface area contributed by atoms with Crippen LogP contribution in [0.25, 0.3) is 0 Å². The molecule has 0 aliphatic rings. The largest absolute Gasteiger partial charge is 0.318 e. The van der Waals surface area contributed by atoms with Gasteiger partial charge in [-0.3, -0.25) is 9.59 Å². The fraction of sp³-hybridized carbons (Fsp3) is 0.118. The lowest BCUT2D eigenvalue weighted by Gasteiger charge is -2.10. The van der Waals surface area contributed by atoms with Gasteiger partial charge in [-0.05, 0) is 30.2 Å². The van der Waals surface area contributed by atoms with Gasteiger partial charge in [0.05, 0.1) is 11.3 Å². The zero-order valence-corrected chi connectivity index (χ0v) is 12.1. The molecule has 0 radical (unpaired) electrons. The predicted molar refractivity (Wildman–Crippen MR) is 84.2 cm³/mol. The fourth-order valence-electron chi connectivity index (χ4n) is 2.00. The smallest absolute Gasteiger partial charge is 0.314 e. The summed E-state index contributed by atoms with van der Waals surface area (Å²) in [4.78, 5) is 23.9. The number of hydrogen-bond donors (Lipinski definition) is 2. The lowest BCUT2D eigenvalue weighted by Crippen LogP contribution is -2.29. The van der Waals surface area contributed by atoms with E-state index in [4.69, 9.17) is 5.26 Å². The van der Waals surface area contributed by atoms with Crippen molar-refractivity contribution < 1.29 is 9.59 Å².